The van der Waals surface area contributed by atoms with Gasteiger partial charge >= 0.3 is 0 Å². The summed E-state index contributed by atoms with van der Waals surface area (Å²) in [5.74, 6) is 2.23. The second kappa shape index (κ2) is 4.14. The molecular formula is C11H17N3O2. The van der Waals surface area contributed by atoms with Crippen molar-refractivity contribution in [2.45, 2.75) is 38.3 Å². The third kappa shape index (κ3) is 1.74. The lowest BCUT2D eigenvalue weighted by Gasteiger charge is -2.19. The first kappa shape index (κ1) is 10.2. The van der Waals surface area contributed by atoms with Crippen LogP contribution in [0.15, 0.2) is 0 Å². The summed E-state index contributed by atoms with van der Waals surface area (Å²) in [7, 11) is 0. The summed E-state index contributed by atoms with van der Waals surface area (Å²) in [4.78, 5) is 4.55. The van der Waals surface area contributed by atoms with Gasteiger partial charge in [0.25, 0.3) is 0 Å². The van der Waals surface area contributed by atoms with Gasteiger partial charge in [-0.3, -0.25) is 0 Å². The number of aryl methyl sites for hydroxylation is 1. The molecular weight excluding hydrogens is 206 g/mol. The van der Waals surface area contributed by atoms with E-state index in [4.69, 9.17) is 9.84 Å². The number of rotatable bonds is 2. The van der Waals surface area contributed by atoms with Crippen LogP contribution in [0.4, 0.5) is 0 Å². The number of fused-ring (bicyclic) bond motifs is 1. The van der Waals surface area contributed by atoms with Crippen molar-refractivity contribution in [1.29, 1.82) is 0 Å². The maximum atomic E-state index is 9.15. The van der Waals surface area contributed by atoms with Gasteiger partial charge in [0.1, 0.15) is 11.9 Å². The van der Waals surface area contributed by atoms with Crippen LogP contribution < -0.4 is 0 Å². The molecule has 0 spiro atoms. The zero-order valence-electron chi connectivity index (χ0n) is 9.30. The smallest absolute Gasteiger partial charge is 0.179 e. The van der Waals surface area contributed by atoms with Crippen molar-refractivity contribution in [3.05, 3.63) is 11.6 Å². The van der Waals surface area contributed by atoms with E-state index in [1.165, 1.54) is 0 Å². The van der Waals surface area contributed by atoms with Crippen LogP contribution in [0.2, 0.25) is 0 Å². The van der Waals surface area contributed by atoms with Crippen molar-refractivity contribution < 1.29 is 9.84 Å². The van der Waals surface area contributed by atoms with Crippen molar-refractivity contribution in [1.82, 2.24) is 14.8 Å². The van der Waals surface area contributed by atoms with Gasteiger partial charge in [0.15, 0.2) is 5.82 Å². The highest BCUT2D eigenvalue weighted by Crippen LogP contribution is 2.27. The minimum atomic E-state index is 0.102. The largest absolute Gasteiger partial charge is 0.396 e. The molecule has 1 saturated heterocycles. The van der Waals surface area contributed by atoms with E-state index in [9.17, 15) is 0 Å². The van der Waals surface area contributed by atoms with Crippen molar-refractivity contribution in [3.8, 4) is 0 Å². The monoisotopic (exact) mass is 223 g/mol. The SMILES string of the molecule is OCC1CCc2nc(C3CCCO3)nn2C1. The molecule has 0 saturated carbocycles. The maximum absolute atomic E-state index is 9.15. The average Bonchev–Trinajstić information content (AvgIpc) is 2.96. The fourth-order valence-corrected chi connectivity index (χ4v) is 2.46. The molecule has 3 heterocycles. The van der Waals surface area contributed by atoms with Crippen LogP contribution in [0.1, 0.15) is 37.0 Å². The second-order valence-corrected chi connectivity index (χ2v) is 4.66. The molecule has 0 amide bonds. The first-order valence-corrected chi connectivity index (χ1v) is 6.03. The van der Waals surface area contributed by atoms with Gasteiger partial charge in [0.2, 0.25) is 0 Å². The molecule has 2 atom stereocenters. The summed E-state index contributed by atoms with van der Waals surface area (Å²) in [6.07, 6.45) is 4.18. The van der Waals surface area contributed by atoms with E-state index < -0.39 is 0 Å². The summed E-state index contributed by atoms with van der Waals surface area (Å²) in [6.45, 7) is 1.87. The zero-order valence-corrected chi connectivity index (χ0v) is 9.30. The van der Waals surface area contributed by atoms with Crippen molar-refractivity contribution >= 4 is 0 Å². The Labute approximate surface area is 94.4 Å². The molecule has 0 aromatic carbocycles. The van der Waals surface area contributed by atoms with Crippen molar-refractivity contribution in [2.75, 3.05) is 13.2 Å². The molecule has 3 rings (SSSR count). The Morgan fingerprint density at radius 3 is 3.12 bits per heavy atom. The fraction of sp³-hybridized carbons (Fsp3) is 0.818. The van der Waals surface area contributed by atoms with E-state index in [2.05, 4.69) is 10.1 Å². The van der Waals surface area contributed by atoms with Gasteiger partial charge in [-0.15, -0.1) is 0 Å². The van der Waals surface area contributed by atoms with Crippen molar-refractivity contribution in [3.63, 3.8) is 0 Å². The van der Waals surface area contributed by atoms with E-state index >= 15 is 0 Å². The topological polar surface area (TPSA) is 60.2 Å². The summed E-state index contributed by atoms with van der Waals surface area (Å²) in [5, 5.41) is 13.6. The van der Waals surface area contributed by atoms with Crippen LogP contribution in [0.25, 0.3) is 0 Å². The number of hydrogen-bond acceptors (Lipinski definition) is 4. The highest BCUT2D eigenvalue weighted by Gasteiger charge is 2.26. The van der Waals surface area contributed by atoms with E-state index in [-0.39, 0.29) is 12.7 Å². The molecule has 88 valence electrons. The van der Waals surface area contributed by atoms with Crippen LogP contribution in [-0.2, 0) is 17.7 Å². The van der Waals surface area contributed by atoms with E-state index in [0.717, 1.165) is 50.5 Å². The molecule has 5 heteroatoms. The molecule has 0 bridgehead atoms. The Hall–Kier alpha value is -0.940. The Bertz CT molecular complexity index is 371. The minimum absolute atomic E-state index is 0.102. The molecule has 5 nitrogen and oxygen atoms in total. The first-order chi connectivity index (χ1) is 7.86. The van der Waals surface area contributed by atoms with Crippen LogP contribution in [-0.4, -0.2) is 33.1 Å². The Balaban J connectivity index is 1.80. The average molecular weight is 223 g/mol. The Morgan fingerprint density at radius 2 is 2.38 bits per heavy atom. The molecule has 2 aliphatic heterocycles. The predicted octanol–water partition coefficient (Wildman–Crippen LogP) is 0.684. The molecule has 2 aliphatic rings. The number of ether oxygens (including phenoxy) is 1. The van der Waals surface area contributed by atoms with Gasteiger partial charge in [-0.25, -0.2) is 9.67 Å². The van der Waals surface area contributed by atoms with Crippen molar-refractivity contribution in [2.24, 2.45) is 5.92 Å². The Morgan fingerprint density at radius 1 is 1.44 bits per heavy atom. The van der Waals surface area contributed by atoms with E-state index in [0.29, 0.717) is 5.92 Å². The number of nitrogens with zero attached hydrogens (tertiary/aromatic N) is 3. The van der Waals surface area contributed by atoms with Crippen LogP contribution in [0, 0.1) is 5.92 Å². The molecule has 1 aromatic rings. The van der Waals surface area contributed by atoms with Gasteiger partial charge < -0.3 is 9.84 Å². The standard InChI is InChI=1S/C11H17N3O2/c15-7-8-3-4-10-12-11(13-14(10)6-8)9-2-1-5-16-9/h8-9,15H,1-7H2. The highest BCUT2D eigenvalue weighted by molar-refractivity contribution is 5.00. The molecule has 16 heavy (non-hydrogen) atoms. The van der Waals surface area contributed by atoms with Gasteiger partial charge in [-0.1, -0.05) is 0 Å². The number of aromatic nitrogens is 3. The first-order valence-electron chi connectivity index (χ1n) is 6.03. The van der Waals surface area contributed by atoms with Crippen LogP contribution >= 0.6 is 0 Å². The Kier molecular flexibility index (Phi) is 2.65. The van der Waals surface area contributed by atoms with Crippen LogP contribution in [0.5, 0.6) is 0 Å². The fourth-order valence-electron chi connectivity index (χ4n) is 2.46. The zero-order chi connectivity index (χ0) is 11.0. The summed E-state index contributed by atoms with van der Waals surface area (Å²) < 4.78 is 7.53. The second-order valence-electron chi connectivity index (χ2n) is 4.66. The lowest BCUT2D eigenvalue weighted by molar-refractivity contribution is 0.104. The predicted molar refractivity (Wildman–Crippen MR) is 56.8 cm³/mol. The molecule has 1 N–H and O–H groups in total. The maximum Gasteiger partial charge on any atom is 0.179 e. The number of aliphatic hydroxyl groups excluding tert-OH is 1. The minimum Gasteiger partial charge on any atom is -0.396 e. The van der Waals surface area contributed by atoms with E-state index in [1.54, 1.807) is 0 Å². The van der Waals surface area contributed by atoms with Gasteiger partial charge in [0, 0.05) is 32.1 Å². The number of aliphatic hydroxyl groups is 1. The molecule has 0 aliphatic carbocycles. The quantitative estimate of drug-likeness (QED) is 0.801. The molecule has 1 fully saturated rings. The van der Waals surface area contributed by atoms with E-state index in [1.807, 2.05) is 4.68 Å². The van der Waals surface area contributed by atoms with Crippen LogP contribution in [0.3, 0.4) is 0 Å². The van der Waals surface area contributed by atoms with Gasteiger partial charge in [-0.05, 0) is 19.3 Å². The summed E-state index contributed by atoms with van der Waals surface area (Å²) in [6, 6.07) is 0. The summed E-state index contributed by atoms with van der Waals surface area (Å²) in [5.41, 5.74) is 0. The lowest BCUT2D eigenvalue weighted by Crippen LogP contribution is -2.23. The van der Waals surface area contributed by atoms with Gasteiger partial charge in [-0.2, -0.15) is 5.10 Å². The highest BCUT2D eigenvalue weighted by atomic mass is 16.5. The summed E-state index contributed by atoms with van der Waals surface area (Å²) >= 11 is 0. The molecule has 0 radical (unpaired) electrons. The molecule has 1 aromatic heterocycles. The third-order valence-electron chi connectivity index (χ3n) is 3.45. The number of hydrogen-bond donors (Lipinski definition) is 1. The van der Waals surface area contributed by atoms with Gasteiger partial charge in [0.05, 0.1) is 0 Å². The third-order valence-corrected chi connectivity index (χ3v) is 3.45. The lowest BCUT2D eigenvalue weighted by atomic mass is 10.0. The molecule has 2 unspecified atom stereocenters. The normalized spacial score (nSPS) is 29.3.